The summed E-state index contributed by atoms with van der Waals surface area (Å²) in [6.45, 7) is 8.97. The molecule has 1 amide bonds. The lowest BCUT2D eigenvalue weighted by molar-refractivity contribution is -0.113. The molecule has 5 rings (SSSR count). The average Bonchev–Trinajstić information content (AvgIpc) is 3.65. The molecule has 8 heteroatoms. The topological polar surface area (TPSA) is 61.4 Å². The average molecular weight is 480 g/mol. The first-order chi connectivity index (χ1) is 16.8. The molecular weight excluding hydrogens is 448 g/mol. The third-order valence-electron chi connectivity index (χ3n) is 7.31. The van der Waals surface area contributed by atoms with Gasteiger partial charge in [0.25, 0.3) is 5.91 Å². The van der Waals surface area contributed by atoms with Gasteiger partial charge in [0.15, 0.2) is 0 Å². The summed E-state index contributed by atoms with van der Waals surface area (Å²) in [5.74, 6) is 0.156. The van der Waals surface area contributed by atoms with Crippen LogP contribution in [-0.4, -0.2) is 48.2 Å². The van der Waals surface area contributed by atoms with Gasteiger partial charge in [0.1, 0.15) is 17.8 Å². The van der Waals surface area contributed by atoms with E-state index < -0.39 is 12.0 Å². The molecule has 1 saturated heterocycles. The summed E-state index contributed by atoms with van der Waals surface area (Å²) in [5, 5.41) is 3.05. The summed E-state index contributed by atoms with van der Waals surface area (Å²) < 4.78 is 28.8. The van der Waals surface area contributed by atoms with Crippen LogP contribution >= 0.6 is 0 Å². The maximum atomic E-state index is 14.6. The van der Waals surface area contributed by atoms with E-state index in [0.29, 0.717) is 34.7 Å². The fourth-order valence-electron chi connectivity index (χ4n) is 5.06. The lowest BCUT2D eigenvalue weighted by atomic mass is 9.99. The van der Waals surface area contributed by atoms with Crippen LogP contribution in [0, 0.1) is 5.92 Å². The van der Waals surface area contributed by atoms with Crippen LogP contribution in [0.2, 0.25) is 0 Å². The van der Waals surface area contributed by atoms with Crippen molar-refractivity contribution in [3.8, 4) is 0 Å². The van der Waals surface area contributed by atoms with E-state index in [2.05, 4.69) is 45.0 Å². The smallest absolute Gasteiger partial charge is 0.252 e. The van der Waals surface area contributed by atoms with Crippen LogP contribution in [0.5, 0.6) is 0 Å². The summed E-state index contributed by atoms with van der Waals surface area (Å²) in [4.78, 5) is 26.4. The van der Waals surface area contributed by atoms with Crippen molar-refractivity contribution in [2.45, 2.75) is 45.7 Å². The molecule has 1 aliphatic heterocycles. The molecule has 3 aliphatic rings. The van der Waals surface area contributed by atoms with E-state index in [0.717, 1.165) is 37.7 Å². The summed E-state index contributed by atoms with van der Waals surface area (Å²) in [7, 11) is 0. The van der Waals surface area contributed by atoms with E-state index in [9.17, 15) is 13.6 Å². The Morgan fingerprint density at radius 3 is 2.54 bits per heavy atom. The number of anilines is 3. The number of amides is 1. The second kappa shape index (κ2) is 9.40. The third kappa shape index (κ3) is 4.66. The summed E-state index contributed by atoms with van der Waals surface area (Å²) in [6, 6.07) is 6.09. The number of carbonyl (C=O) groups is 1. The lowest BCUT2D eigenvalue weighted by Crippen LogP contribution is -2.47. The van der Waals surface area contributed by atoms with Gasteiger partial charge in [-0.1, -0.05) is 19.9 Å². The molecule has 6 nitrogen and oxygen atoms in total. The van der Waals surface area contributed by atoms with Gasteiger partial charge in [0.2, 0.25) is 0 Å². The molecule has 2 aromatic rings. The number of fused-ring (bicyclic) bond motifs is 1. The minimum absolute atomic E-state index is 0.265. The van der Waals surface area contributed by atoms with Gasteiger partial charge in [-0.25, -0.2) is 13.8 Å². The van der Waals surface area contributed by atoms with Crippen LogP contribution in [0.1, 0.15) is 45.1 Å². The normalized spacial score (nSPS) is 22.3. The van der Waals surface area contributed by atoms with Crippen LogP contribution in [0.4, 0.5) is 26.0 Å². The Hall–Kier alpha value is -3.29. The fourth-order valence-corrected chi connectivity index (χ4v) is 5.06. The zero-order valence-electron chi connectivity index (χ0n) is 20.4. The Bertz CT molecular complexity index is 1190. The van der Waals surface area contributed by atoms with Gasteiger partial charge < -0.3 is 15.1 Å². The van der Waals surface area contributed by atoms with Crippen molar-refractivity contribution in [2.24, 2.45) is 5.92 Å². The third-order valence-corrected chi connectivity index (χ3v) is 7.31. The number of alkyl halides is 1. The van der Waals surface area contributed by atoms with Crippen molar-refractivity contribution >= 4 is 23.1 Å². The molecule has 2 fully saturated rings. The minimum Gasteiger partial charge on any atom is -0.366 e. The van der Waals surface area contributed by atoms with Crippen LogP contribution < -0.4 is 15.1 Å². The van der Waals surface area contributed by atoms with Gasteiger partial charge >= 0.3 is 0 Å². The van der Waals surface area contributed by atoms with E-state index in [-0.39, 0.29) is 18.2 Å². The molecule has 0 bridgehead atoms. The number of rotatable bonds is 5. The molecule has 0 radical (unpaired) electrons. The number of piperazine rings is 1. The van der Waals surface area contributed by atoms with Gasteiger partial charge in [0, 0.05) is 56.5 Å². The molecule has 1 aromatic carbocycles. The first kappa shape index (κ1) is 23.5. The maximum Gasteiger partial charge on any atom is 0.252 e. The Kier molecular flexibility index (Phi) is 6.30. The van der Waals surface area contributed by atoms with Crippen molar-refractivity contribution in [1.82, 2.24) is 9.97 Å². The van der Waals surface area contributed by atoms with Crippen LogP contribution in [0.3, 0.4) is 0 Å². The Balaban J connectivity index is 1.39. The fraction of sp³-hybridized carbons (Fsp3) is 0.444. The van der Waals surface area contributed by atoms with E-state index in [1.807, 2.05) is 12.1 Å². The van der Waals surface area contributed by atoms with E-state index in [1.54, 1.807) is 25.5 Å². The monoisotopic (exact) mass is 479 g/mol. The van der Waals surface area contributed by atoms with Crippen molar-refractivity contribution < 1.29 is 13.6 Å². The van der Waals surface area contributed by atoms with Crippen molar-refractivity contribution in [1.29, 1.82) is 0 Å². The molecular formula is C27H31F2N5O. The molecule has 2 heterocycles. The second-order valence-corrected chi connectivity index (χ2v) is 9.88. The molecule has 35 heavy (non-hydrogen) atoms. The molecule has 0 spiro atoms. The second-order valence-electron chi connectivity index (χ2n) is 9.88. The lowest BCUT2D eigenvalue weighted by Gasteiger charge is -2.37. The maximum absolute atomic E-state index is 14.6. The van der Waals surface area contributed by atoms with E-state index in [1.165, 1.54) is 5.56 Å². The minimum atomic E-state index is -1.46. The van der Waals surface area contributed by atoms with Gasteiger partial charge in [-0.15, -0.1) is 0 Å². The first-order valence-electron chi connectivity index (χ1n) is 12.3. The Morgan fingerprint density at radius 1 is 1.11 bits per heavy atom. The zero-order chi connectivity index (χ0) is 24.7. The SMILES string of the molecule is CC1=C(C(=O)Nc2ccc(C(C)C)cc2N2CCN(c3cnccn3)CC2)C2CC2=C(F)CC1F. The number of nitrogens with zero attached hydrogens (tertiary/aromatic N) is 4. The Labute approximate surface area is 204 Å². The molecule has 1 saturated carbocycles. The zero-order valence-corrected chi connectivity index (χ0v) is 20.4. The summed E-state index contributed by atoms with van der Waals surface area (Å²) >= 11 is 0. The number of allylic oxidation sites excluding steroid dienone is 3. The highest BCUT2D eigenvalue weighted by Crippen LogP contribution is 2.51. The van der Waals surface area contributed by atoms with Crippen LogP contribution in [0.15, 0.2) is 59.3 Å². The van der Waals surface area contributed by atoms with Crippen molar-refractivity contribution in [3.63, 3.8) is 0 Å². The standard InChI is InChI=1S/C27H31F2N5O/c1-16(2)18-4-5-23(32-27(35)26-17(3)21(28)14-22(29)19-13-20(19)26)24(12-18)33-8-10-34(11-9-33)25-15-30-6-7-31-25/h4-7,12,15-16,20-21H,8-11,13-14H2,1-3H3,(H,32,35). The number of hydrogen-bond donors (Lipinski definition) is 1. The van der Waals surface area contributed by atoms with E-state index >= 15 is 0 Å². The molecule has 1 aromatic heterocycles. The highest BCUT2D eigenvalue weighted by atomic mass is 19.1. The molecule has 1 N–H and O–H groups in total. The Morgan fingerprint density at radius 2 is 1.86 bits per heavy atom. The number of carbonyl (C=O) groups excluding carboxylic acids is 1. The summed E-state index contributed by atoms with van der Waals surface area (Å²) in [5.41, 5.74) is 4.12. The highest BCUT2D eigenvalue weighted by molar-refractivity contribution is 6.07. The quantitative estimate of drug-likeness (QED) is 0.641. The number of hydrogen-bond acceptors (Lipinski definition) is 5. The largest absolute Gasteiger partial charge is 0.366 e. The predicted octanol–water partition coefficient (Wildman–Crippen LogP) is 5.17. The molecule has 2 unspecified atom stereocenters. The van der Waals surface area contributed by atoms with Crippen LogP contribution in [-0.2, 0) is 4.79 Å². The van der Waals surface area contributed by atoms with E-state index in [4.69, 9.17) is 0 Å². The predicted molar refractivity (Wildman–Crippen MR) is 134 cm³/mol. The van der Waals surface area contributed by atoms with Gasteiger partial charge in [-0.05, 0) is 48.1 Å². The molecule has 2 aliphatic carbocycles. The number of halogens is 2. The molecule has 2 atom stereocenters. The van der Waals surface area contributed by atoms with Crippen LogP contribution in [0.25, 0.3) is 0 Å². The van der Waals surface area contributed by atoms with Crippen molar-refractivity contribution in [2.75, 3.05) is 41.3 Å². The number of benzene rings is 1. The highest BCUT2D eigenvalue weighted by Gasteiger charge is 2.44. The number of nitrogens with one attached hydrogen (secondary N) is 1. The van der Waals surface area contributed by atoms with Crippen molar-refractivity contribution in [3.05, 3.63) is 64.9 Å². The molecule has 184 valence electrons. The van der Waals surface area contributed by atoms with Gasteiger partial charge in [-0.3, -0.25) is 9.78 Å². The summed E-state index contributed by atoms with van der Waals surface area (Å²) in [6.07, 6.45) is 3.90. The number of aromatic nitrogens is 2. The van der Waals surface area contributed by atoms with Gasteiger partial charge in [-0.2, -0.15) is 0 Å². The first-order valence-corrected chi connectivity index (χ1v) is 12.3. The van der Waals surface area contributed by atoms with Gasteiger partial charge in [0.05, 0.1) is 17.6 Å².